The maximum absolute atomic E-state index is 12.9. The standard InChI is InChI=1S/C18H20N2O3/c1-13-2-4-14(5-3-13)16-15(19-12-23-16)17(21)20-8-6-18(10-20)7-9-22-11-18/h2-5,12H,6-11H2,1H3/t18-/m1/s1. The number of benzene rings is 1. The highest BCUT2D eigenvalue weighted by Gasteiger charge is 2.43. The van der Waals surface area contributed by atoms with Crippen LogP contribution in [0.2, 0.25) is 0 Å². The predicted molar refractivity (Wildman–Crippen MR) is 85.1 cm³/mol. The van der Waals surface area contributed by atoms with Crippen LogP contribution in [0.1, 0.15) is 28.9 Å². The molecule has 2 aliphatic heterocycles. The fourth-order valence-corrected chi connectivity index (χ4v) is 3.54. The lowest BCUT2D eigenvalue weighted by Crippen LogP contribution is -2.32. The Morgan fingerprint density at radius 2 is 2.09 bits per heavy atom. The Balaban J connectivity index is 1.58. The second-order valence-electron chi connectivity index (χ2n) is 6.68. The molecule has 1 aromatic carbocycles. The van der Waals surface area contributed by atoms with Gasteiger partial charge in [0.2, 0.25) is 0 Å². The Morgan fingerprint density at radius 3 is 2.83 bits per heavy atom. The van der Waals surface area contributed by atoms with Crippen molar-refractivity contribution in [1.29, 1.82) is 0 Å². The van der Waals surface area contributed by atoms with E-state index in [1.807, 2.05) is 36.1 Å². The molecule has 2 aromatic rings. The van der Waals surface area contributed by atoms with Gasteiger partial charge in [-0.05, 0) is 19.8 Å². The van der Waals surface area contributed by atoms with Crippen LogP contribution in [0.5, 0.6) is 0 Å². The van der Waals surface area contributed by atoms with Crippen LogP contribution < -0.4 is 0 Å². The predicted octanol–water partition coefficient (Wildman–Crippen LogP) is 2.90. The molecule has 1 atom stereocenters. The number of rotatable bonds is 2. The zero-order chi connectivity index (χ0) is 15.9. The molecule has 5 nitrogen and oxygen atoms in total. The molecule has 2 aliphatic rings. The number of likely N-dealkylation sites (tertiary alicyclic amines) is 1. The number of nitrogens with zero attached hydrogens (tertiary/aromatic N) is 2. The molecular weight excluding hydrogens is 292 g/mol. The highest BCUT2D eigenvalue weighted by molar-refractivity contribution is 5.97. The summed E-state index contributed by atoms with van der Waals surface area (Å²) in [6.07, 6.45) is 3.41. The molecule has 4 rings (SSSR count). The quantitative estimate of drug-likeness (QED) is 0.855. The monoisotopic (exact) mass is 312 g/mol. The Hall–Kier alpha value is -2.14. The number of oxazole rings is 1. The largest absolute Gasteiger partial charge is 0.443 e. The molecule has 5 heteroatoms. The summed E-state index contributed by atoms with van der Waals surface area (Å²) in [4.78, 5) is 19.0. The number of hydrogen-bond acceptors (Lipinski definition) is 4. The van der Waals surface area contributed by atoms with E-state index in [1.165, 1.54) is 12.0 Å². The summed E-state index contributed by atoms with van der Waals surface area (Å²) in [5.41, 5.74) is 2.62. The van der Waals surface area contributed by atoms with Crippen molar-refractivity contribution in [2.75, 3.05) is 26.3 Å². The van der Waals surface area contributed by atoms with Crippen molar-refractivity contribution in [2.24, 2.45) is 5.41 Å². The average Bonchev–Trinajstić information content (AvgIpc) is 3.30. The van der Waals surface area contributed by atoms with Crippen LogP contribution in [0.3, 0.4) is 0 Å². The molecular formula is C18H20N2O3. The number of carbonyl (C=O) groups is 1. The normalized spacial score (nSPS) is 23.8. The second-order valence-corrected chi connectivity index (χ2v) is 6.68. The lowest BCUT2D eigenvalue weighted by Gasteiger charge is -2.21. The first-order valence-electron chi connectivity index (χ1n) is 8.04. The van der Waals surface area contributed by atoms with E-state index in [4.69, 9.17) is 9.15 Å². The molecule has 23 heavy (non-hydrogen) atoms. The summed E-state index contributed by atoms with van der Waals surface area (Å²) >= 11 is 0. The smallest absolute Gasteiger partial charge is 0.276 e. The van der Waals surface area contributed by atoms with Crippen molar-refractivity contribution in [3.8, 4) is 11.3 Å². The Labute approximate surface area is 135 Å². The Bertz CT molecular complexity index is 714. The zero-order valence-corrected chi connectivity index (χ0v) is 13.2. The zero-order valence-electron chi connectivity index (χ0n) is 13.2. The number of hydrogen-bond donors (Lipinski definition) is 0. The van der Waals surface area contributed by atoms with Crippen molar-refractivity contribution in [2.45, 2.75) is 19.8 Å². The maximum atomic E-state index is 12.9. The van der Waals surface area contributed by atoms with Gasteiger partial charge in [-0.25, -0.2) is 4.98 Å². The summed E-state index contributed by atoms with van der Waals surface area (Å²) in [6, 6.07) is 7.94. The molecule has 0 unspecified atom stereocenters. The molecule has 2 fully saturated rings. The van der Waals surface area contributed by atoms with Gasteiger partial charge in [0.05, 0.1) is 6.61 Å². The van der Waals surface area contributed by atoms with Crippen LogP contribution in [-0.2, 0) is 4.74 Å². The highest BCUT2D eigenvalue weighted by atomic mass is 16.5. The minimum absolute atomic E-state index is 0.0434. The van der Waals surface area contributed by atoms with E-state index in [0.717, 1.165) is 44.7 Å². The molecule has 0 radical (unpaired) electrons. The summed E-state index contributed by atoms with van der Waals surface area (Å²) < 4.78 is 11.0. The van der Waals surface area contributed by atoms with Gasteiger partial charge in [-0.1, -0.05) is 29.8 Å². The molecule has 0 saturated carbocycles. The first-order valence-corrected chi connectivity index (χ1v) is 8.04. The molecule has 0 aliphatic carbocycles. The highest BCUT2D eigenvalue weighted by Crippen LogP contribution is 2.39. The van der Waals surface area contributed by atoms with Crippen LogP contribution in [0.15, 0.2) is 35.1 Å². The topological polar surface area (TPSA) is 55.6 Å². The van der Waals surface area contributed by atoms with Crippen molar-refractivity contribution in [3.05, 3.63) is 41.9 Å². The number of amides is 1. The molecule has 0 N–H and O–H groups in total. The van der Waals surface area contributed by atoms with E-state index in [1.54, 1.807) is 0 Å². The molecule has 120 valence electrons. The minimum atomic E-state index is -0.0434. The van der Waals surface area contributed by atoms with E-state index in [0.29, 0.717) is 11.5 Å². The molecule has 3 heterocycles. The van der Waals surface area contributed by atoms with Gasteiger partial charge < -0.3 is 14.1 Å². The number of aromatic nitrogens is 1. The van der Waals surface area contributed by atoms with E-state index in [9.17, 15) is 4.79 Å². The molecule has 1 aromatic heterocycles. The summed E-state index contributed by atoms with van der Waals surface area (Å²) in [7, 11) is 0. The van der Waals surface area contributed by atoms with Crippen LogP contribution in [0.4, 0.5) is 0 Å². The lowest BCUT2D eigenvalue weighted by molar-refractivity contribution is 0.0761. The van der Waals surface area contributed by atoms with Crippen LogP contribution >= 0.6 is 0 Å². The number of ether oxygens (including phenoxy) is 1. The van der Waals surface area contributed by atoms with Crippen molar-refractivity contribution >= 4 is 5.91 Å². The maximum Gasteiger partial charge on any atom is 0.276 e. The SMILES string of the molecule is Cc1ccc(-c2ocnc2C(=O)N2CC[C@@]3(CCOC3)C2)cc1. The van der Waals surface area contributed by atoms with Gasteiger partial charge in [0.1, 0.15) is 0 Å². The van der Waals surface area contributed by atoms with Gasteiger partial charge in [0, 0.05) is 30.7 Å². The fourth-order valence-electron chi connectivity index (χ4n) is 3.54. The van der Waals surface area contributed by atoms with Crippen LogP contribution in [0, 0.1) is 12.3 Å². The van der Waals surface area contributed by atoms with Crippen molar-refractivity contribution < 1.29 is 13.9 Å². The third kappa shape index (κ3) is 2.55. The molecule has 0 bridgehead atoms. The number of aryl methyl sites for hydroxylation is 1. The van der Waals surface area contributed by atoms with Gasteiger partial charge >= 0.3 is 0 Å². The van der Waals surface area contributed by atoms with E-state index >= 15 is 0 Å². The van der Waals surface area contributed by atoms with Gasteiger partial charge in [-0.15, -0.1) is 0 Å². The Morgan fingerprint density at radius 1 is 1.26 bits per heavy atom. The summed E-state index contributed by atoms with van der Waals surface area (Å²) in [5, 5.41) is 0. The number of carbonyl (C=O) groups excluding carboxylic acids is 1. The van der Waals surface area contributed by atoms with E-state index in [2.05, 4.69) is 4.98 Å². The summed E-state index contributed by atoms with van der Waals surface area (Å²) in [5.74, 6) is 0.511. The van der Waals surface area contributed by atoms with Gasteiger partial charge in [0.15, 0.2) is 17.8 Å². The van der Waals surface area contributed by atoms with Crippen LogP contribution in [-0.4, -0.2) is 42.1 Å². The van der Waals surface area contributed by atoms with E-state index in [-0.39, 0.29) is 11.3 Å². The van der Waals surface area contributed by atoms with Gasteiger partial charge in [-0.2, -0.15) is 0 Å². The first kappa shape index (κ1) is 14.5. The first-order chi connectivity index (χ1) is 11.2. The third-order valence-electron chi connectivity index (χ3n) is 4.99. The van der Waals surface area contributed by atoms with Crippen molar-refractivity contribution in [3.63, 3.8) is 0 Å². The molecule has 2 saturated heterocycles. The average molecular weight is 312 g/mol. The van der Waals surface area contributed by atoms with Crippen LogP contribution in [0.25, 0.3) is 11.3 Å². The van der Waals surface area contributed by atoms with Gasteiger partial charge in [0.25, 0.3) is 5.91 Å². The lowest BCUT2D eigenvalue weighted by atomic mass is 9.87. The second kappa shape index (κ2) is 5.49. The summed E-state index contributed by atoms with van der Waals surface area (Å²) in [6.45, 7) is 5.12. The minimum Gasteiger partial charge on any atom is -0.443 e. The Kier molecular flexibility index (Phi) is 3.45. The molecule has 1 amide bonds. The van der Waals surface area contributed by atoms with Crippen molar-refractivity contribution in [1.82, 2.24) is 9.88 Å². The van der Waals surface area contributed by atoms with Gasteiger partial charge in [-0.3, -0.25) is 4.79 Å². The fraction of sp³-hybridized carbons (Fsp3) is 0.444. The third-order valence-corrected chi connectivity index (χ3v) is 4.99. The van der Waals surface area contributed by atoms with E-state index < -0.39 is 0 Å². The molecule has 1 spiro atoms.